The van der Waals surface area contributed by atoms with Crippen LogP contribution in [0.5, 0.6) is 0 Å². The van der Waals surface area contributed by atoms with Gasteiger partial charge in [0.05, 0.1) is 18.8 Å². The maximum absolute atomic E-state index is 11.6. The highest BCUT2D eigenvalue weighted by molar-refractivity contribution is 6.76. The van der Waals surface area contributed by atoms with Crippen LogP contribution < -0.4 is 5.32 Å². The molecule has 0 bridgehead atoms. The SMILES string of the molecule is C=C1COC2C(C)OC(NC(=O)C(Cl)(Cl)Cl)CC12. The molecule has 102 valence electrons. The summed E-state index contributed by atoms with van der Waals surface area (Å²) in [6.45, 7) is 6.39. The Bertz CT molecular complexity index is 369. The van der Waals surface area contributed by atoms with Crippen molar-refractivity contribution >= 4 is 40.7 Å². The van der Waals surface area contributed by atoms with E-state index in [1.165, 1.54) is 0 Å². The molecule has 0 aromatic heterocycles. The molecule has 0 aliphatic carbocycles. The lowest BCUT2D eigenvalue weighted by molar-refractivity contribution is -0.148. The van der Waals surface area contributed by atoms with Gasteiger partial charge in [-0.2, -0.15) is 0 Å². The lowest BCUT2D eigenvalue weighted by atomic mass is 9.88. The average Bonchev–Trinajstić information content (AvgIpc) is 2.60. The summed E-state index contributed by atoms with van der Waals surface area (Å²) in [4.78, 5) is 11.6. The Hall–Kier alpha value is -0.000000000000000111. The summed E-state index contributed by atoms with van der Waals surface area (Å²) in [5.41, 5.74) is 1.02. The van der Waals surface area contributed by atoms with Gasteiger partial charge < -0.3 is 14.8 Å². The van der Waals surface area contributed by atoms with Crippen LogP contribution in [0, 0.1) is 5.92 Å². The third-order valence-electron chi connectivity index (χ3n) is 3.24. The van der Waals surface area contributed by atoms with Crippen molar-refractivity contribution in [2.75, 3.05) is 6.61 Å². The number of alkyl halides is 3. The maximum Gasteiger partial charge on any atom is 0.274 e. The second-order valence-electron chi connectivity index (χ2n) is 4.58. The molecule has 0 saturated carbocycles. The number of hydrogen-bond acceptors (Lipinski definition) is 3. The van der Waals surface area contributed by atoms with Crippen molar-refractivity contribution in [2.45, 2.75) is 35.6 Å². The molecule has 7 heteroatoms. The Balaban J connectivity index is 2.00. The Kier molecular flexibility index (Phi) is 4.14. The van der Waals surface area contributed by atoms with E-state index in [2.05, 4.69) is 11.9 Å². The molecule has 2 aliphatic rings. The summed E-state index contributed by atoms with van der Waals surface area (Å²) < 4.78 is 9.25. The van der Waals surface area contributed by atoms with Crippen LogP contribution in [-0.2, 0) is 14.3 Å². The summed E-state index contributed by atoms with van der Waals surface area (Å²) in [5, 5.41) is 2.57. The minimum Gasteiger partial charge on any atom is -0.371 e. The molecule has 2 fully saturated rings. The zero-order valence-electron chi connectivity index (χ0n) is 9.79. The zero-order chi connectivity index (χ0) is 13.5. The lowest BCUT2D eigenvalue weighted by Crippen LogP contribution is -2.51. The van der Waals surface area contributed by atoms with Crippen LogP contribution in [-0.4, -0.2) is 34.7 Å². The topological polar surface area (TPSA) is 47.6 Å². The first-order valence-corrected chi connectivity index (χ1v) is 6.75. The fourth-order valence-corrected chi connectivity index (χ4v) is 2.53. The number of fused-ring (bicyclic) bond motifs is 1. The van der Waals surface area contributed by atoms with Crippen LogP contribution in [0.2, 0.25) is 0 Å². The standard InChI is InChI=1S/C11H14Cl3NO3/c1-5-4-17-9-6(2)18-8(3-7(5)9)15-10(16)11(12,13)14/h6-9H,1,3-4H2,2H3,(H,15,16). The van der Waals surface area contributed by atoms with Gasteiger partial charge in [0.25, 0.3) is 9.70 Å². The molecule has 2 saturated heterocycles. The van der Waals surface area contributed by atoms with E-state index in [-0.39, 0.29) is 18.1 Å². The Morgan fingerprint density at radius 1 is 1.50 bits per heavy atom. The summed E-state index contributed by atoms with van der Waals surface area (Å²) in [7, 11) is 0. The van der Waals surface area contributed by atoms with Gasteiger partial charge in [0.2, 0.25) is 0 Å². The highest BCUT2D eigenvalue weighted by Crippen LogP contribution is 2.37. The van der Waals surface area contributed by atoms with Crippen molar-refractivity contribution in [2.24, 2.45) is 5.92 Å². The van der Waals surface area contributed by atoms with Crippen molar-refractivity contribution in [1.82, 2.24) is 5.32 Å². The Morgan fingerprint density at radius 3 is 2.78 bits per heavy atom. The molecule has 2 aliphatic heterocycles. The maximum atomic E-state index is 11.6. The molecule has 1 N–H and O–H groups in total. The predicted molar refractivity (Wildman–Crippen MR) is 69.8 cm³/mol. The molecule has 1 amide bonds. The van der Waals surface area contributed by atoms with E-state index in [1.54, 1.807) is 0 Å². The monoisotopic (exact) mass is 313 g/mol. The first-order chi connectivity index (χ1) is 8.29. The molecule has 4 atom stereocenters. The second-order valence-corrected chi connectivity index (χ2v) is 6.86. The molecule has 2 heterocycles. The van der Waals surface area contributed by atoms with Gasteiger partial charge in [-0.25, -0.2) is 0 Å². The zero-order valence-corrected chi connectivity index (χ0v) is 12.1. The molecular weight excluding hydrogens is 300 g/mol. The third-order valence-corrected chi connectivity index (χ3v) is 3.76. The second kappa shape index (κ2) is 5.17. The first kappa shape index (κ1) is 14.4. The van der Waals surface area contributed by atoms with E-state index >= 15 is 0 Å². The molecule has 18 heavy (non-hydrogen) atoms. The summed E-state index contributed by atoms with van der Waals surface area (Å²) >= 11 is 16.5. The number of rotatable bonds is 1. The number of carbonyl (C=O) groups is 1. The summed E-state index contributed by atoms with van der Waals surface area (Å²) in [5.74, 6) is -0.512. The van der Waals surface area contributed by atoms with E-state index in [9.17, 15) is 4.79 Å². The van der Waals surface area contributed by atoms with Gasteiger partial charge in [0.15, 0.2) is 0 Å². The van der Waals surface area contributed by atoms with Gasteiger partial charge in [-0.05, 0) is 12.5 Å². The smallest absolute Gasteiger partial charge is 0.274 e. The molecule has 2 rings (SSSR count). The summed E-state index contributed by atoms with van der Waals surface area (Å²) in [6, 6.07) is 0. The Morgan fingerprint density at radius 2 is 2.17 bits per heavy atom. The minimum atomic E-state index is -1.98. The quantitative estimate of drug-likeness (QED) is 0.596. The fourth-order valence-electron chi connectivity index (χ4n) is 2.37. The van der Waals surface area contributed by atoms with Crippen LogP contribution in [0.3, 0.4) is 0 Å². The number of carbonyl (C=O) groups excluding carboxylic acids is 1. The van der Waals surface area contributed by atoms with Gasteiger partial charge >= 0.3 is 0 Å². The molecule has 0 radical (unpaired) electrons. The molecule has 0 aromatic rings. The number of hydrogen-bond donors (Lipinski definition) is 1. The van der Waals surface area contributed by atoms with E-state index in [4.69, 9.17) is 44.3 Å². The third kappa shape index (κ3) is 2.94. The number of nitrogens with one attached hydrogen (secondary N) is 1. The molecule has 0 spiro atoms. The van der Waals surface area contributed by atoms with E-state index in [0.717, 1.165) is 5.57 Å². The number of halogens is 3. The van der Waals surface area contributed by atoms with Gasteiger partial charge in [-0.15, -0.1) is 0 Å². The first-order valence-electron chi connectivity index (χ1n) is 5.61. The Labute approximate surface area is 121 Å². The number of amides is 1. The van der Waals surface area contributed by atoms with Crippen molar-refractivity contribution < 1.29 is 14.3 Å². The normalized spacial score (nSPS) is 36.3. The van der Waals surface area contributed by atoms with Gasteiger partial charge in [0.1, 0.15) is 6.23 Å². The van der Waals surface area contributed by atoms with Gasteiger partial charge in [-0.1, -0.05) is 41.4 Å². The van der Waals surface area contributed by atoms with Crippen molar-refractivity contribution in [3.05, 3.63) is 12.2 Å². The van der Waals surface area contributed by atoms with E-state index in [0.29, 0.717) is 13.0 Å². The fraction of sp³-hybridized carbons (Fsp3) is 0.727. The van der Waals surface area contributed by atoms with Crippen LogP contribution in [0.15, 0.2) is 12.2 Å². The van der Waals surface area contributed by atoms with Gasteiger partial charge in [-0.3, -0.25) is 4.79 Å². The van der Waals surface area contributed by atoms with E-state index < -0.39 is 15.9 Å². The predicted octanol–water partition coefficient (Wildman–Crippen LogP) is 2.18. The van der Waals surface area contributed by atoms with Crippen molar-refractivity contribution in [3.63, 3.8) is 0 Å². The molecule has 0 aromatic carbocycles. The van der Waals surface area contributed by atoms with Crippen LogP contribution >= 0.6 is 34.8 Å². The lowest BCUT2D eigenvalue weighted by Gasteiger charge is -2.36. The van der Waals surface area contributed by atoms with Crippen molar-refractivity contribution in [1.29, 1.82) is 0 Å². The van der Waals surface area contributed by atoms with Crippen LogP contribution in [0.4, 0.5) is 0 Å². The average molecular weight is 315 g/mol. The molecular formula is C11H14Cl3NO3. The highest BCUT2D eigenvalue weighted by atomic mass is 35.6. The largest absolute Gasteiger partial charge is 0.371 e. The minimum absolute atomic E-state index is 0.00147. The molecule has 4 nitrogen and oxygen atoms in total. The number of ether oxygens (including phenoxy) is 2. The van der Waals surface area contributed by atoms with Crippen LogP contribution in [0.25, 0.3) is 0 Å². The van der Waals surface area contributed by atoms with Crippen molar-refractivity contribution in [3.8, 4) is 0 Å². The highest BCUT2D eigenvalue weighted by Gasteiger charge is 2.44. The van der Waals surface area contributed by atoms with Gasteiger partial charge in [0, 0.05) is 12.3 Å². The van der Waals surface area contributed by atoms with Crippen LogP contribution in [0.1, 0.15) is 13.3 Å². The molecule has 4 unspecified atom stereocenters. The summed E-state index contributed by atoms with van der Waals surface area (Å²) in [6.07, 6.45) is -0.0368. The van der Waals surface area contributed by atoms with E-state index in [1.807, 2.05) is 6.92 Å².